The van der Waals surface area contributed by atoms with Gasteiger partial charge in [0, 0.05) is 6.04 Å². The molecule has 0 aliphatic rings. The molecule has 0 aliphatic carbocycles. The normalized spacial score (nSPS) is 11.8. The van der Waals surface area contributed by atoms with Crippen LogP contribution in [-0.4, -0.2) is 48.8 Å². The predicted molar refractivity (Wildman–Crippen MR) is 118 cm³/mol. The van der Waals surface area contributed by atoms with Gasteiger partial charge in [0.2, 0.25) is 11.8 Å². The second-order valence-electron chi connectivity index (χ2n) is 7.59. The Morgan fingerprint density at radius 3 is 2.10 bits per heavy atom. The van der Waals surface area contributed by atoms with Gasteiger partial charge in [0.1, 0.15) is 0 Å². The third-order valence-electron chi connectivity index (χ3n) is 4.37. The fourth-order valence-corrected chi connectivity index (χ4v) is 2.99. The Balaban J connectivity index is 1.98. The average molecular weight is 411 g/mol. The van der Waals surface area contributed by atoms with Crippen molar-refractivity contribution in [2.75, 3.05) is 25.5 Å². The minimum atomic E-state index is -0.300. The maximum atomic E-state index is 12.8. The molecule has 30 heavy (non-hydrogen) atoms. The summed E-state index contributed by atoms with van der Waals surface area (Å²) < 4.78 is 0. The Morgan fingerprint density at radius 1 is 0.833 bits per heavy atom. The number of hydrogen-bond donors (Lipinski definition) is 3. The van der Waals surface area contributed by atoms with Crippen LogP contribution >= 0.6 is 0 Å². The Bertz CT molecular complexity index is 868. The van der Waals surface area contributed by atoms with Crippen LogP contribution in [-0.2, 0) is 9.59 Å². The first-order valence-corrected chi connectivity index (χ1v) is 9.99. The summed E-state index contributed by atoms with van der Waals surface area (Å²) in [6, 6.07) is 16.4. The van der Waals surface area contributed by atoms with Crippen molar-refractivity contribution in [1.29, 1.82) is 0 Å². The van der Waals surface area contributed by atoms with E-state index in [9.17, 15) is 14.4 Å². The number of nitrogens with one attached hydrogen (secondary N) is 3. The third kappa shape index (κ3) is 7.33. The quantitative estimate of drug-likeness (QED) is 0.593. The minimum absolute atomic E-state index is 0.0296. The number of benzene rings is 2. The first-order chi connectivity index (χ1) is 14.3. The fraction of sp³-hybridized carbons (Fsp3) is 0.348. The van der Waals surface area contributed by atoms with E-state index in [0.29, 0.717) is 11.3 Å². The Morgan fingerprint density at radius 2 is 1.43 bits per heavy atom. The van der Waals surface area contributed by atoms with Crippen molar-refractivity contribution >= 4 is 23.4 Å². The van der Waals surface area contributed by atoms with Gasteiger partial charge in [-0.3, -0.25) is 19.3 Å². The van der Waals surface area contributed by atoms with Crippen molar-refractivity contribution in [1.82, 2.24) is 15.5 Å². The number of nitrogens with zero attached hydrogens (tertiary/aromatic N) is 1. The van der Waals surface area contributed by atoms with Crippen LogP contribution in [0.3, 0.4) is 0 Å². The molecule has 0 bridgehead atoms. The molecular weight excluding hydrogens is 380 g/mol. The highest BCUT2D eigenvalue weighted by Crippen LogP contribution is 2.18. The van der Waals surface area contributed by atoms with Crippen LogP contribution in [0.2, 0.25) is 0 Å². The van der Waals surface area contributed by atoms with Crippen LogP contribution in [0, 0.1) is 0 Å². The van der Waals surface area contributed by atoms with Crippen molar-refractivity contribution < 1.29 is 14.4 Å². The molecule has 0 aliphatic heterocycles. The Hall–Kier alpha value is -3.19. The monoisotopic (exact) mass is 410 g/mol. The molecule has 0 heterocycles. The van der Waals surface area contributed by atoms with Gasteiger partial charge in [-0.1, -0.05) is 42.5 Å². The summed E-state index contributed by atoms with van der Waals surface area (Å²) in [5.74, 6) is -0.715. The lowest BCUT2D eigenvalue weighted by molar-refractivity contribution is -0.123. The number of hydrogen-bond acceptors (Lipinski definition) is 4. The summed E-state index contributed by atoms with van der Waals surface area (Å²) in [5.41, 5.74) is 1.81. The van der Waals surface area contributed by atoms with E-state index in [4.69, 9.17) is 0 Å². The van der Waals surface area contributed by atoms with Crippen LogP contribution in [0.5, 0.6) is 0 Å². The van der Waals surface area contributed by atoms with E-state index in [1.54, 1.807) is 36.2 Å². The lowest BCUT2D eigenvalue weighted by Crippen LogP contribution is -2.41. The number of amides is 3. The van der Waals surface area contributed by atoms with Crippen molar-refractivity contribution in [3.05, 3.63) is 65.7 Å². The molecule has 0 radical (unpaired) electrons. The number of likely N-dealkylation sites (N-methyl/N-ethyl adjacent to an activating group) is 1. The van der Waals surface area contributed by atoms with E-state index in [1.807, 2.05) is 51.1 Å². The van der Waals surface area contributed by atoms with Gasteiger partial charge in [-0.2, -0.15) is 0 Å². The molecule has 1 atom stereocenters. The molecule has 0 unspecified atom stereocenters. The lowest BCUT2D eigenvalue weighted by atomic mass is 10.1. The zero-order chi connectivity index (χ0) is 22.1. The molecule has 2 rings (SSSR count). The number of rotatable bonds is 9. The summed E-state index contributed by atoms with van der Waals surface area (Å²) >= 11 is 0. The summed E-state index contributed by atoms with van der Waals surface area (Å²) in [4.78, 5) is 38.7. The van der Waals surface area contributed by atoms with E-state index in [2.05, 4.69) is 16.0 Å². The van der Waals surface area contributed by atoms with Gasteiger partial charge in [0.25, 0.3) is 5.91 Å². The van der Waals surface area contributed by atoms with Crippen molar-refractivity contribution in [3.8, 4) is 0 Å². The average Bonchev–Trinajstić information content (AvgIpc) is 2.67. The first-order valence-electron chi connectivity index (χ1n) is 9.99. The third-order valence-corrected chi connectivity index (χ3v) is 4.37. The number of para-hydroxylation sites is 1. The molecule has 2 aromatic rings. The smallest absolute Gasteiger partial charge is 0.253 e. The topological polar surface area (TPSA) is 90.5 Å². The molecule has 3 N–H and O–H groups in total. The lowest BCUT2D eigenvalue weighted by Gasteiger charge is -2.18. The van der Waals surface area contributed by atoms with Gasteiger partial charge in [-0.05, 0) is 45.5 Å². The number of carbonyl (C=O) groups is 3. The Kier molecular flexibility index (Phi) is 8.55. The van der Waals surface area contributed by atoms with E-state index >= 15 is 0 Å². The largest absolute Gasteiger partial charge is 0.353 e. The fourth-order valence-electron chi connectivity index (χ4n) is 2.99. The zero-order valence-corrected chi connectivity index (χ0v) is 17.9. The summed E-state index contributed by atoms with van der Waals surface area (Å²) in [6.45, 7) is 5.81. The highest BCUT2D eigenvalue weighted by molar-refractivity contribution is 6.04. The molecule has 0 aromatic heterocycles. The Labute approximate surface area is 177 Å². The number of anilines is 1. The molecule has 0 spiro atoms. The van der Waals surface area contributed by atoms with Gasteiger partial charge in [0.05, 0.1) is 30.4 Å². The molecule has 0 fully saturated rings. The van der Waals surface area contributed by atoms with Gasteiger partial charge < -0.3 is 16.0 Å². The van der Waals surface area contributed by atoms with Crippen molar-refractivity contribution in [2.24, 2.45) is 0 Å². The van der Waals surface area contributed by atoms with Gasteiger partial charge in [-0.15, -0.1) is 0 Å². The van der Waals surface area contributed by atoms with E-state index in [1.165, 1.54) is 0 Å². The highest BCUT2D eigenvalue weighted by Gasteiger charge is 2.17. The molecule has 0 saturated carbocycles. The van der Waals surface area contributed by atoms with Gasteiger partial charge in [-0.25, -0.2) is 0 Å². The predicted octanol–water partition coefficient (Wildman–Crippen LogP) is 2.57. The van der Waals surface area contributed by atoms with Gasteiger partial charge in [0.15, 0.2) is 0 Å². The van der Waals surface area contributed by atoms with Crippen molar-refractivity contribution in [2.45, 2.75) is 32.9 Å². The molecule has 3 amide bonds. The maximum Gasteiger partial charge on any atom is 0.253 e. The van der Waals surface area contributed by atoms with Crippen molar-refractivity contribution in [3.63, 3.8) is 0 Å². The summed E-state index contributed by atoms with van der Waals surface area (Å²) in [5, 5.41) is 8.52. The van der Waals surface area contributed by atoms with E-state index in [0.717, 1.165) is 5.56 Å². The molecule has 0 saturated heterocycles. The van der Waals surface area contributed by atoms with Crippen LogP contribution in [0.25, 0.3) is 0 Å². The van der Waals surface area contributed by atoms with Crippen LogP contribution in [0.4, 0.5) is 5.69 Å². The first kappa shape index (κ1) is 23.1. The molecular formula is C23H30N4O3. The molecule has 2 aromatic carbocycles. The standard InChI is InChI=1S/C23H30N4O3/c1-16(2)24-21(28)14-27(4)15-22(29)26-20-13-9-8-12-19(20)23(30)25-17(3)18-10-6-5-7-11-18/h5-13,16-17H,14-15H2,1-4H3,(H,24,28)(H,25,30)(H,26,29)/t17-/m1/s1. The van der Waals surface area contributed by atoms with Gasteiger partial charge >= 0.3 is 0 Å². The van der Waals surface area contributed by atoms with Crippen LogP contribution in [0.1, 0.15) is 42.7 Å². The summed E-state index contributed by atoms with van der Waals surface area (Å²) in [7, 11) is 1.69. The molecule has 160 valence electrons. The molecule has 7 heteroatoms. The van der Waals surface area contributed by atoms with E-state index in [-0.39, 0.29) is 42.9 Å². The second kappa shape index (κ2) is 11.1. The zero-order valence-electron chi connectivity index (χ0n) is 17.9. The molecule has 7 nitrogen and oxygen atoms in total. The maximum absolute atomic E-state index is 12.8. The van der Waals surface area contributed by atoms with Crippen LogP contribution in [0.15, 0.2) is 54.6 Å². The number of carbonyl (C=O) groups excluding carboxylic acids is 3. The van der Waals surface area contributed by atoms with E-state index < -0.39 is 0 Å². The highest BCUT2D eigenvalue weighted by atomic mass is 16.2. The van der Waals surface area contributed by atoms with Crippen LogP contribution < -0.4 is 16.0 Å². The minimum Gasteiger partial charge on any atom is -0.353 e. The SMILES string of the molecule is CC(C)NC(=O)CN(C)CC(=O)Nc1ccccc1C(=O)N[C@H](C)c1ccccc1. The summed E-state index contributed by atoms with van der Waals surface area (Å²) in [6.07, 6.45) is 0. The second-order valence-corrected chi connectivity index (χ2v) is 7.59.